The molecular weight excluding hydrogens is 436 g/mol. The van der Waals surface area contributed by atoms with E-state index in [0.29, 0.717) is 18.8 Å². The Labute approximate surface area is 198 Å². The Hall–Kier alpha value is -2.19. The van der Waals surface area contributed by atoms with Crippen LogP contribution >= 0.6 is 0 Å². The summed E-state index contributed by atoms with van der Waals surface area (Å²) in [6.45, 7) is 7.58. The first-order chi connectivity index (χ1) is 15.8. The molecule has 0 aliphatic carbocycles. The lowest BCUT2D eigenvalue weighted by atomic mass is 10.0. The molecule has 0 radical (unpaired) electrons. The van der Waals surface area contributed by atoms with E-state index in [-0.39, 0.29) is 23.5 Å². The van der Waals surface area contributed by atoms with Gasteiger partial charge in [0.2, 0.25) is 10.0 Å². The van der Waals surface area contributed by atoms with Crippen LogP contribution in [0.5, 0.6) is 5.75 Å². The van der Waals surface area contributed by atoms with Crippen LogP contribution in [0.1, 0.15) is 38.3 Å². The lowest BCUT2D eigenvalue weighted by Gasteiger charge is -2.37. The fourth-order valence-electron chi connectivity index (χ4n) is 4.10. The molecule has 1 N–H and O–H groups in total. The van der Waals surface area contributed by atoms with Gasteiger partial charge in [-0.1, -0.05) is 62.4 Å². The van der Waals surface area contributed by atoms with Crippen molar-refractivity contribution in [3.63, 3.8) is 0 Å². The molecule has 1 aliphatic heterocycles. The quantitative estimate of drug-likeness (QED) is 0.589. The van der Waals surface area contributed by atoms with Gasteiger partial charge in [0.1, 0.15) is 16.7 Å². The fraction of sp³-hybridized carbons (Fsp3) is 0.462. The van der Waals surface area contributed by atoms with E-state index < -0.39 is 16.1 Å². The minimum Gasteiger partial charge on any atom is -0.487 e. The molecule has 0 spiro atoms. The summed E-state index contributed by atoms with van der Waals surface area (Å²) in [6.07, 6.45) is 4.80. The number of hydrogen-bond acceptors (Lipinski definition) is 5. The number of fused-ring (bicyclic) bond motifs is 1. The molecule has 0 bridgehead atoms. The van der Waals surface area contributed by atoms with Crippen LogP contribution in [0.3, 0.4) is 0 Å². The average molecular weight is 473 g/mol. The summed E-state index contributed by atoms with van der Waals surface area (Å²) in [5, 5.41) is 9.76. The number of sulfonamides is 1. The molecule has 0 unspecified atom stereocenters. The van der Waals surface area contributed by atoms with Crippen molar-refractivity contribution in [1.82, 2.24) is 9.21 Å². The second-order valence-corrected chi connectivity index (χ2v) is 10.8. The van der Waals surface area contributed by atoms with Gasteiger partial charge in [0.05, 0.1) is 6.61 Å². The number of aliphatic hydroxyl groups is 1. The van der Waals surface area contributed by atoms with Gasteiger partial charge in [0, 0.05) is 25.0 Å². The van der Waals surface area contributed by atoms with E-state index in [9.17, 15) is 13.5 Å². The number of rotatable bonds is 8. The Morgan fingerprint density at radius 1 is 1.18 bits per heavy atom. The molecule has 6 nitrogen and oxygen atoms in total. The van der Waals surface area contributed by atoms with Crippen molar-refractivity contribution in [2.75, 3.05) is 33.3 Å². The smallest absolute Gasteiger partial charge is 0.247 e. The third kappa shape index (κ3) is 6.23. The van der Waals surface area contributed by atoms with Gasteiger partial charge in [-0.25, -0.2) is 8.42 Å². The van der Waals surface area contributed by atoms with Gasteiger partial charge in [0.15, 0.2) is 0 Å². The van der Waals surface area contributed by atoms with Gasteiger partial charge in [-0.2, -0.15) is 4.31 Å². The molecule has 1 aliphatic rings. The van der Waals surface area contributed by atoms with Crippen LogP contribution in [0.2, 0.25) is 0 Å². The van der Waals surface area contributed by atoms with Crippen LogP contribution in [0.15, 0.2) is 53.4 Å². The Morgan fingerprint density at radius 3 is 2.55 bits per heavy atom. The Morgan fingerprint density at radius 2 is 1.88 bits per heavy atom. The molecule has 0 saturated carbocycles. The molecule has 2 aromatic carbocycles. The van der Waals surface area contributed by atoms with E-state index in [4.69, 9.17) is 4.74 Å². The topological polar surface area (TPSA) is 70.1 Å². The van der Waals surface area contributed by atoms with Crippen molar-refractivity contribution in [1.29, 1.82) is 0 Å². The molecule has 0 aromatic heterocycles. The number of nitrogens with zero attached hydrogens (tertiary/aromatic N) is 2. The molecule has 3 rings (SSSR count). The first-order valence-corrected chi connectivity index (χ1v) is 13.0. The van der Waals surface area contributed by atoms with E-state index in [1.807, 2.05) is 49.4 Å². The van der Waals surface area contributed by atoms with Crippen molar-refractivity contribution in [2.24, 2.45) is 5.92 Å². The predicted octanol–water partition coefficient (Wildman–Crippen LogP) is 3.97. The summed E-state index contributed by atoms with van der Waals surface area (Å²) in [4.78, 5) is 2.37. The zero-order chi connectivity index (χ0) is 24.0. The summed E-state index contributed by atoms with van der Waals surface area (Å²) in [6, 6.07) is 14.7. The molecule has 2 aromatic rings. The second kappa shape index (κ2) is 11.3. The molecular formula is C26H36N2O4S. The van der Waals surface area contributed by atoms with E-state index in [2.05, 4.69) is 18.9 Å². The summed E-state index contributed by atoms with van der Waals surface area (Å²) < 4.78 is 34.9. The van der Waals surface area contributed by atoms with Gasteiger partial charge in [0.25, 0.3) is 0 Å². The molecule has 180 valence electrons. The SMILES string of the molecule is CCCN(C)C[C@@H]1Oc2cc(/C=C/c3ccccc3)ccc2S(=O)(=O)N([C@H](C)CO)C[C@@H]1C. The summed E-state index contributed by atoms with van der Waals surface area (Å²) in [5.74, 6) is 0.312. The molecule has 3 atom stereocenters. The minimum absolute atomic E-state index is 0.0512. The maximum atomic E-state index is 13.6. The molecule has 0 amide bonds. The zero-order valence-corrected chi connectivity index (χ0v) is 20.8. The van der Waals surface area contributed by atoms with E-state index >= 15 is 0 Å². The molecule has 33 heavy (non-hydrogen) atoms. The lowest BCUT2D eigenvalue weighted by Crippen LogP contribution is -2.49. The number of ether oxygens (including phenoxy) is 1. The monoisotopic (exact) mass is 472 g/mol. The molecule has 7 heteroatoms. The molecule has 0 saturated heterocycles. The summed E-state index contributed by atoms with van der Waals surface area (Å²) >= 11 is 0. The van der Waals surface area contributed by atoms with Crippen LogP contribution < -0.4 is 4.74 Å². The number of benzene rings is 2. The summed E-state index contributed by atoms with van der Waals surface area (Å²) in [5.41, 5.74) is 1.93. The highest BCUT2D eigenvalue weighted by atomic mass is 32.2. The van der Waals surface area contributed by atoms with Crippen LogP contribution in [-0.2, 0) is 10.0 Å². The van der Waals surface area contributed by atoms with Crippen LogP contribution in [-0.4, -0.2) is 68.2 Å². The normalized spacial score (nSPS) is 21.9. The number of aliphatic hydroxyl groups excluding tert-OH is 1. The average Bonchev–Trinajstić information content (AvgIpc) is 2.80. The van der Waals surface area contributed by atoms with E-state index in [1.54, 1.807) is 25.1 Å². The third-order valence-electron chi connectivity index (χ3n) is 6.06. The largest absolute Gasteiger partial charge is 0.487 e. The highest BCUT2D eigenvalue weighted by Crippen LogP contribution is 2.34. The van der Waals surface area contributed by atoms with Crippen molar-refractivity contribution >= 4 is 22.2 Å². The van der Waals surface area contributed by atoms with Crippen LogP contribution in [0, 0.1) is 5.92 Å². The van der Waals surface area contributed by atoms with Crippen molar-refractivity contribution in [3.8, 4) is 5.75 Å². The van der Waals surface area contributed by atoms with Gasteiger partial charge >= 0.3 is 0 Å². The Bertz CT molecular complexity index is 1040. The van der Waals surface area contributed by atoms with Crippen molar-refractivity contribution in [2.45, 2.75) is 44.2 Å². The minimum atomic E-state index is -3.82. The number of likely N-dealkylation sites (N-methyl/N-ethyl adjacent to an activating group) is 1. The van der Waals surface area contributed by atoms with Gasteiger partial charge in [-0.05, 0) is 50.2 Å². The van der Waals surface area contributed by atoms with E-state index in [1.165, 1.54) is 4.31 Å². The fourth-order valence-corrected chi connectivity index (χ4v) is 5.93. The number of hydrogen-bond donors (Lipinski definition) is 1. The highest BCUT2D eigenvalue weighted by molar-refractivity contribution is 7.89. The van der Waals surface area contributed by atoms with Crippen molar-refractivity contribution in [3.05, 3.63) is 59.7 Å². The van der Waals surface area contributed by atoms with Crippen molar-refractivity contribution < 1.29 is 18.3 Å². The van der Waals surface area contributed by atoms with Gasteiger partial charge in [-0.3, -0.25) is 0 Å². The van der Waals surface area contributed by atoms with Crippen LogP contribution in [0.25, 0.3) is 12.2 Å². The first-order valence-electron chi connectivity index (χ1n) is 11.6. The first kappa shape index (κ1) is 25.4. The molecule has 1 heterocycles. The standard InChI is InChI=1S/C26H36N2O4S/c1-5-15-27(4)18-25-20(2)17-28(21(3)19-29)33(30,31)26-14-13-23(16-24(26)32-25)12-11-22-9-7-6-8-10-22/h6-14,16,20-21,25,29H,5,15,17-19H2,1-4H3/b12-11+/t20-,21+,25-/m0/s1. The Kier molecular flexibility index (Phi) is 8.70. The maximum Gasteiger partial charge on any atom is 0.247 e. The lowest BCUT2D eigenvalue weighted by molar-refractivity contribution is 0.0752. The van der Waals surface area contributed by atoms with E-state index in [0.717, 1.165) is 24.1 Å². The Balaban J connectivity index is 2.03. The third-order valence-corrected chi connectivity index (χ3v) is 8.08. The predicted molar refractivity (Wildman–Crippen MR) is 134 cm³/mol. The van der Waals surface area contributed by atoms with Crippen LogP contribution in [0.4, 0.5) is 0 Å². The van der Waals surface area contributed by atoms with Gasteiger partial charge in [-0.15, -0.1) is 0 Å². The molecule has 0 fully saturated rings. The van der Waals surface area contributed by atoms with Gasteiger partial charge < -0.3 is 14.7 Å². The second-order valence-electron chi connectivity index (χ2n) is 8.95. The highest BCUT2D eigenvalue weighted by Gasteiger charge is 2.37. The maximum absolute atomic E-state index is 13.6. The summed E-state index contributed by atoms with van der Waals surface area (Å²) in [7, 11) is -1.76. The zero-order valence-electron chi connectivity index (χ0n) is 20.0.